The molecule has 0 aliphatic carbocycles. The van der Waals surface area contributed by atoms with Gasteiger partial charge in [0.1, 0.15) is 0 Å². The van der Waals surface area contributed by atoms with Crippen molar-refractivity contribution in [2.24, 2.45) is 0 Å². The molecule has 2 aromatic rings. The zero-order chi connectivity index (χ0) is 16.1. The van der Waals surface area contributed by atoms with Gasteiger partial charge in [0.15, 0.2) is 5.34 Å². The molecule has 0 radical (unpaired) electrons. The molecule has 2 atom stereocenters. The van der Waals surface area contributed by atoms with Gasteiger partial charge in [0.2, 0.25) is 0 Å². The molecule has 1 N–H and O–H groups in total. The van der Waals surface area contributed by atoms with E-state index in [1.165, 1.54) is 6.92 Å². The Labute approximate surface area is 131 Å². The van der Waals surface area contributed by atoms with Gasteiger partial charge in [-0.2, -0.15) is 0 Å². The fraction of sp³-hybridized carbons (Fsp3) is 0.222. The molecule has 2 rings (SSSR count). The minimum Gasteiger partial charge on any atom is -0.374 e. The molecule has 0 amide bonds. The Kier molecular flexibility index (Phi) is 5.21. The first kappa shape index (κ1) is 16.5. The van der Waals surface area contributed by atoms with E-state index in [0.717, 1.165) is 5.56 Å². The highest BCUT2D eigenvalue weighted by Gasteiger charge is 2.44. The second-order valence-corrected chi connectivity index (χ2v) is 7.41. The van der Waals surface area contributed by atoms with Crippen LogP contribution in [0.15, 0.2) is 60.7 Å². The van der Waals surface area contributed by atoms with Crippen molar-refractivity contribution in [3.63, 3.8) is 0 Å². The summed E-state index contributed by atoms with van der Waals surface area (Å²) in [7, 11) is -3.62. The van der Waals surface area contributed by atoms with Gasteiger partial charge >= 0.3 is 7.37 Å². The summed E-state index contributed by atoms with van der Waals surface area (Å²) in [6.07, 6.45) is 0. The summed E-state index contributed by atoms with van der Waals surface area (Å²) in [6.45, 7) is 3.43. The van der Waals surface area contributed by atoms with Crippen molar-refractivity contribution in [2.45, 2.75) is 19.2 Å². The van der Waals surface area contributed by atoms with Crippen LogP contribution in [0.25, 0.3) is 0 Å². The number of hydrogen-bond acceptors (Lipinski definition) is 3. The van der Waals surface area contributed by atoms with Gasteiger partial charge in [0.05, 0.1) is 6.61 Å². The van der Waals surface area contributed by atoms with Crippen LogP contribution in [0.5, 0.6) is 0 Å². The summed E-state index contributed by atoms with van der Waals surface area (Å²) >= 11 is 0. The largest absolute Gasteiger partial charge is 0.374 e. The normalized spacial score (nSPS) is 16.0. The number of rotatable bonds is 4. The van der Waals surface area contributed by atoms with Gasteiger partial charge in [0, 0.05) is 5.56 Å². The molecular weight excluding hydrogens is 295 g/mol. The van der Waals surface area contributed by atoms with Crippen LogP contribution in [-0.2, 0) is 14.4 Å². The lowest BCUT2D eigenvalue weighted by molar-refractivity contribution is 0.122. The lowest BCUT2D eigenvalue weighted by Crippen LogP contribution is -2.22. The van der Waals surface area contributed by atoms with Crippen molar-refractivity contribution in [3.8, 4) is 11.6 Å². The first-order valence-electron chi connectivity index (χ1n) is 7.10. The summed E-state index contributed by atoms with van der Waals surface area (Å²) < 4.78 is 18.6. The van der Waals surface area contributed by atoms with E-state index in [-0.39, 0.29) is 6.61 Å². The lowest BCUT2D eigenvalue weighted by atomic mass is 10.1. The Morgan fingerprint density at radius 1 is 1.09 bits per heavy atom. The van der Waals surface area contributed by atoms with E-state index in [1.54, 1.807) is 31.2 Å². The maximum atomic E-state index is 13.2. The van der Waals surface area contributed by atoms with Gasteiger partial charge in [0.25, 0.3) is 0 Å². The molecule has 0 saturated carbocycles. The summed E-state index contributed by atoms with van der Waals surface area (Å²) in [5.41, 5.74) is 3.94. The summed E-state index contributed by atoms with van der Waals surface area (Å²) in [5.74, 6) is 2.85. The van der Waals surface area contributed by atoms with Crippen molar-refractivity contribution in [3.05, 3.63) is 71.8 Å². The van der Waals surface area contributed by atoms with E-state index in [0.29, 0.717) is 5.56 Å². The minimum absolute atomic E-state index is 0.212. The van der Waals surface area contributed by atoms with Gasteiger partial charge < -0.3 is 9.63 Å². The van der Waals surface area contributed by atoms with Crippen LogP contribution in [-0.4, -0.2) is 11.7 Å². The van der Waals surface area contributed by atoms with E-state index in [4.69, 9.17) is 4.52 Å². The van der Waals surface area contributed by atoms with Crippen molar-refractivity contribution >= 4 is 7.37 Å². The third kappa shape index (κ3) is 3.48. The molecule has 4 heteroatoms. The molecule has 22 heavy (non-hydrogen) atoms. The molecule has 0 saturated heterocycles. The zero-order valence-electron chi connectivity index (χ0n) is 12.7. The molecule has 0 aliphatic heterocycles. The fourth-order valence-corrected chi connectivity index (χ4v) is 3.69. The van der Waals surface area contributed by atoms with Crippen LogP contribution in [0.2, 0.25) is 0 Å². The van der Waals surface area contributed by atoms with E-state index >= 15 is 0 Å². The molecule has 0 spiro atoms. The van der Waals surface area contributed by atoms with Crippen molar-refractivity contribution < 1.29 is 14.2 Å². The smallest absolute Gasteiger partial charge is 0.308 e. The topological polar surface area (TPSA) is 46.5 Å². The third-order valence-corrected chi connectivity index (χ3v) is 5.76. The molecule has 0 aromatic heterocycles. The molecule has 2 aromatic carbocycles. The van der Waals surface area contributed by atoms with Crippen LogP contribution in [0.3, 0.4) is 0 Å². The molecule has 3 nitrogen and oxygen atoms in total. The van der Waals surface area contributed by atoms with E-state index in [9.17, 15) is 9.67 Å². The third-order valence-electron chi connectivity index (χ3n) is 3.33. The Morgan fingerprint density at radius 3 is 2.18 bits per heavy atom. The standard InChI is InChI=1S/C18H19O3P/c1-3-21-22(20,15-14-16-10-6-4-7-11-16)18(2,19)17-12-8-5-9-13-17/h4-13,19H,3H2,1-2H3. The second kappa shape index (κ2) is 6.94. The van der Waals surface area contributed by atoms with Gasteiger partial charge in [-0.25, -0.2) is 0 Å². The van der Waals surface area contributed by atoms with Gasteiger partial charge in [-0.05, 0) is 37.2 Å². The predicted octanol–water partition coefficient (Wildman–Crippen LogP) is 4.18. The second-order valence-electron chi connectivity index (χ2n) is 4.96. The summed E-state index contributed by atoms with van der Waals surface area (Å²) in [5, 5.41) is 9.16. The van der Waals surface area contributed by atoms with E-state index < -0.39 is 12.7 Å². The fourth-order valence-electron chi connectivity index (χ4n) is 2.03. The van der Waals surface area contributed by atoms with Crippen molar-refractivity contribution in [1.82, 2.24) is 0 Å². The highest BCUT2D eigenvalue weighted by Crippen LogP contribution is 2.61. The van der Waals surface area contributed by atoms with Gasteiger partial charge in [-0.1, -0.05) is 54.5 Å². The Morgan fingerprint density at radius 2 is 1.64 bits per heavy atom. The van der Waals surface area contributed by atoms with Crippen LogP contribution >= 0.6 is 7.37 Å². The van der Waals surface area contributed by atoms with Crippen LogP contribution in [0.1, 0.15) is 25.0 Å². The predicted molar refractivity (Wildman–Crippen MR) is 88.6 cm³/mol. The van der Waals surface area contributed by atoms with E-state index in [2.05, 4.69) is 11.6 Å². The van der Waals surface area contributed by atoms with Gasteiger partial charge in [-0.15, -0.1) is 0 Å². The molecule has 0 aliphatic rings. The molecule has 114 valence electrons. The molecular formula is C18H19O3P. The molecule has 0 heterocycles. The maximum Gasteiger partial charge on any atom is 0.308 e. The maximum absolute atomic E-state index is 13.2. The molecule has 2 unspecified atom stereocenters. The monoisotopic (exact) mass is 314 g/mol. The number of aliphatic hydroxyl groups is 1. The number of hydrogen-bond donors (Lipinski definition) is 1. The van der Waals surface area contributed by atoms with Gasteiger partial charge in [-0.3, -0.25) is 4.57 Å². The molecule has 0 bridgehead atoms. The summed E-state index contributed by atoms with van der Waals surface area (Å²) in [4.78, 5) is 0. The first-order chi connectivity index (χ1) is 10.5. The molecule has 0 fully saturated rings. The average Bonchev–Trinajstić information content (AvgIpc) is 2.55. The lowest BCUT2D eigenvalue weighted by Gasteiger charge is -2.29. The number of benzene rings is 2. The van der Waals surface area contributed by atoms with Crippen molar-refractivity contribution in [1.29, 1.82) is 0 Å². The Bertz CT molecular complexity index is 712. The zero-order valence-corrected chi connectivity index (χ0v) is 13.6. The van der Waals surface area contributed by atoms with Crippen LogP contribution < -0.4 is 0 Å². The highest BCUT2D eigenvalue weighted by molar-refractivity contribution is 7.65. The average molecular weight is 314 g/mol. The SMILES string of the molecule is CCOP(=O)(C#Cc1ccccc1)C(C)(O)c1ccccc1. The van der Waals surface area contributed by atoms with Crippen LogP contribution in [0.4, 0.5) is 0 Å². The van der Waals surface area contributed by atoms with Crippen LogP contribution in [0, 0.1) is 11.6 Å². The quantitative estimate of drug-likeness (QED) is 0.680. The Hall–Kier alpha value is -1.85. The summed E-state index contributed by atoms with van der Waals surface area (Å²) in [6, 6.07) is 18.1. The van der Waals surface area contributed by atoms with Crippen molar-refractivity contribution in [2.75, 3.05) is 6.61 Å². The highest BCUT2D eigenvalue weighted by atomic mass is 31.2. The first-order valence-corrected chi connectivity index (χ1v) is 8.73. The Balaban J connectivity index is 2.45. The minimum atomic E-state index is -3.62. The van der Waals surface area contributed by atoms with E-state index in [1.807, 2.05) is 36.4 Å².